The van der Waals surface area contributed by atoms with Crippen molar-refractivity contribution >= 4 is 12.1 Å². The van der Waals surface area contributed by atoms with Gasteiger partial charge >= 0.3 is 12.1 Å². The summed E-state index contributed by atoms with van der Waals surface area (Å²) in [4.78, 5) is 24.9. The van der Waals surface area contributed by atoms with Crippen molar-refractivity contribution in [2.24, 2.45) is 0 Å². The molecule has 7 heteroatoms. The first-order valence-corrected chi connectivity index (χ1v) is 7.71. The summed E-state index contributed by atoms with van der Waals surface area (Å²) in [5, 5.41) is 0. The van der Waals surface area contributed by atoms with Crippen LogP contribution in [0.15, 0.2) is 24.3 Å². The van der Waals surface area contributed by atoms with Gasteiger partial charge in [-0.2, -0.15) is 0 Å². The van der Waals surface area contributed by atoms with Crippen molar-refractivity contribution in [2.75, 3.05) is 13.1 Å². The second-order valence-corrected chi connectivity index (χ2v) is 6.65. The average Bonchev–Trinajstić information content (AvgIpc) is 2.79. The quantitative estimate of drug-likeness (QED) is 0.792. The first-order valence-electron chi connectivity index (χ1n) is 7.71. The van der Waals surface area contributed by atoms with Gasteiger partial charge in [-0.15, -0.1) is 0 Å². The van der Waals surface area contributed by atoms with E-state index in [0.717, 1.165) is 0 Å². The maximum Gasteiger partial charge on any atom is 0.410 e. The molecule has 1 aromatic rings. The van der Waals surface area contributed by atoms with Crippen molar-refractivity contribution in [2.45, 2.75) is 45.5 Å². The molecule has 1 amide bonds. The summed E-state index contributed by atoms with van der Waals surface area (Å²) in [6.07, 6.45) is -1.74. The molecule has 2 rings (SSSR count). The molecule has 0 spiro atoms. The van der Waals surface area contributed by atoms with Gasteiger partial charge in [0.25, 0.3) is 0 Å². The Morgan fingerprint density at radius 2 is 1.88 bits per heavy atom. The molecule has 6 nitrogen and oxygen atoms in total. The number of nitrogens with zero attached hydrogens (tertiary/aromatic N) is 1. The third kappa shape index (κ3) is 5.11. The molecule has 2 unspecified atom stereocenters. The molecular weight excluding hydrogens is 317 g/mol. The van der Waals surface area contributed by atoms with Gasteiger partial charge in [-0.1, -0.05) is 6.07 Å². The van der Waals surface area contributed by atoms with E-state index in [0.29, 0.717) is 5.75 Å². The summed E-state index contributed by atoms with van der Waals surface area (Å²) in [5.74, 6) is -0.597. The topological polar surface area (TPSA) is 65.1 Å². The monoisotopic (exact) mass is 339 g/mol. The van der Waals surface area contributed by atoms with Gasteiger partial charge in [0.1, 0.15) is 17.2 Å². The number of hydrogen-bond donors (Lipinski definition) is 0. The SMILES string of the molecule is CC(=O)OC1CN(C(=O)OC(C)(C)C)CC1Oc1cccc(F)c1. The molecule has 1 aromatic carbocycles. The number of likely N-dealkylation sites (tertiary alicyclic amines) is 1. The summed E-state index contributed by atoms with van der Waals surface area (Å²) in [7, 11) is 0. The summed E-state index contributed by atoms with van der Waals surface area (Å²) in [6.45, 7) is 6.94. The molecule has 132 valence electrons. The first kappa shape index (κ1) is 18.0. The Labute approximate surface area is 140 Å². The van der Waals surface area contributed by atoms with Crippen LogP contribution in [0.25, 0.3) is 0 Å². The summed E-state index contributed by atoms with van der Waals surface area (Å²) < 4.78 is 29.6. The van der Waals surface area contributed by atoms with Crippen LogP contribution in [-0.2, 0) is 14.3 Å². The van der Waals surface area contributed by atoms with Crippen molar-refractivity contribution in [3.63, 3.8) is 0 Å². The lowest BCUT2D eigenvalue weighted by atomic mass is 10.2. The Bertz CT molecular complexity index is 613. The second kappa shape index (κ2) is 7.07. The van der Waals surface area contributed by atoms with Crippen LogP contribution in [0.3, 0.4) is 0 Å². The van der Waals surface area contributed by atoms with E-state index in [1.807, 2.05) is 0 Å². The molecule has 1 saturated heterocycles. The van der Waals surface area contributed by atoms with Crippen LogP contribution in [0.2, 0.25) is 0 Å². The Hall–Kier alpha value is -2.31. The zero-order valence-electron chi connectivity index (χ0n) is 14.2. The summed E-state index contributed by atoms with van der Waals surface area (Å²) >= 11 is 0. The maximum absolute atomic E-state index is 13.3. The standard InChI is InChI=1S/C17H22FNO5/c1-11(20)22-14-9-19(16(21)24-17(2,3)4)10-15(14)23-13-7-5-6-12(18)8-13/h5-8,14-15H,9-10H2,1-4H3. The van der Waals surface area contributed by atoms with Gasteiger partial charge in [0.15, 0.2) is 12.2 Å². The van der Waals surface area contributed by atoms with E-state index in [2.05, 4.69) is 0 Å². The Morgan fingerprint density at radius 1 is 1.21 bits per heavy atom. The van der Waals surface area contributed by atoms with Crippen LogP contribution in [0, 0.1) is 5.82 Å². The van der Waals surface area contributed by atoms with E-state index in [4.69, 9.17) is 14.2 Å². The number of carbonyl (C=O) groups is 2. The van der Waals surface area contributed by atoms with Gasteiger partial charge in [0.2, 0.25) is 0 Å². The number of halogens is 1. The fraction of sp³-hybridized carbons (Fsp3) is 0.529. The van der Waals surface area contributed by atoms with Crippen LogP contribution in [0.1, 0.15) is 27.7 Å². The normalized spacial score (nSPS) is 20.6. The Kier molecular flexibility index (Phi) is 5.31. The molecule has 0 radical (unpaired) electrons. The van der Waals surface area contributed by atoms with Gasteiger partial charge in [-0.05, 0) is 32.9 Å². The van der Waals surface area contributed by atoms with E-state index in [-0.39, 0.29) is 13.1 Å². The van der Waals surface area contributed by atoms with E-state index >= 15 is 0 Å². The van der Waals surface area contributed by atoms with Gasteiger partial charge in [0, 0.05) is 13.0 Å². The minimum Gasteiger partial charge on any atom is -0.485 e. The van der Waals surface area contributed by atoms with E-state index in [1.165, 1.54) is 30.0 Å². The molecule has 0 N–H and O–H groups in total. The van der Waals surface area contributed by atoms with Crippen molar-refractivity contribution < 1.29 is 28.2 Å². The number of hydrogen-bond acceptors (Lipinski definition) is 5. The smallest absolute Gasteiger partial charge is 0.410 e. The minimum absolute atomic E-state index is 0.161. The first-order chi connectivity index (χ1) is 11.1. The van der Waals surface area contributed by atoms with Crippen LogP contribution < -0.4 is 4.74 Å². The highest BCUT2D eigenvalue weighted by molar-refractivity contribution is 5.69. The molecule has 0 aliphatic carbocycles. The molecule has 1 aliphatic rings. The molecule has 24 heavy (non-hydrogen) atoms. The predicted octanol–water partition coefficient (Wildman–Crippen LogP) is 2.76. The molecule has 2 atom stereocenters. The maximum atomic E-state index is 13.3. The molecule has 1 fully saturated rings. The van der Waals surface area contributed by atoms with Crippen molar-refractivity contribution in [1.29, 1.82) is 0 Å². The van der Waals surface area contributed by atoms with Crippen LogP contribution in [0.5, 0.6) is 5.75 Å². The number of ether oxygens (including phenoxy) is 3. The van der Waals surface area contributed by atoms with Gasteiger partial charge in [0.05, 0.1) is 13.1 Å². The lowest BCUT2D eigenvalue weighted by Gasteiger charge is -2.24. The Morgan fingerprint density at radius 3 is 2.46 bits per heavy atom. The highest BCUT2D eigenvalue weighted by atomic mass is 19.1. The molecule has 0 saturated carbocycles. The third-order valence-corrected chi connectivity index (χ3v) is 3.27. The fourth-order valence-electron chi connectivity index (χ4n) is 2.37. The molecule has 1 heterocycles. The zero-order valence-corrected chi connectivity index (χ0v) is 14.2. The number of benzene rings is 1. The van der Waals surface area contributed by atoms with Crippen LogP contribution in [0.4, 0.5) is 9.18 Å². The lowest BCUT2D eigenvalue weighted by Crippen LogP contribution is -2.36. The van der Waals surface area contributed by atoms with E-state index in [1.54, 1.807) is 26.8 Å². The third-order valence-electron chi connectivity index (χ3n) is 3.27. The van der Waals surface area contributed by atoms with Crippen molar-refractivity contribution in [3.05, 3.63) is 30.1 Å². The molecular formula is C17H22FNO5. The zero-order chi connectivity index (χ0) is 17.9. The number of amides is 1. The van der Waals surface area contributed by atoms with Gasteiger partial charge in [-0.3, -0.25) is 4.79 Å². The number of esters is 1. The largest absolute Gasteiger partial charge is 0.485 e. The number of rotatable bonds is 3. The van der Waals surface area contributed by atoms with Gasteiger partial charge < -0.3 is 19.1 Å². The molecule has 0 bridgehead atoms. The number of carbonyl (C=O) groups excluding carboxylic acids is 2. The van der Waals surface area contributed by atoms with Crippen LogP contribution in [-0.4, -0.2) is 47.9 Å². The highest BCUT2D eigenvalue weighted by Gasteiger charge is 2.40. The highest BCUT2D eigenvalue weighted by Crippen LogP contribution is 2.23. The second-order valence-electron chi connectivity index (χ2n) is 6.65. The molecule has 0 aromatic heterocycles. The van der Waals surface area contributed by atoms with E-state index < -0.39 is 35.7 Å². The summed E-state index contributed by atoms with van der Waals surface area (Å²) in [5.41, 5.74) is -0.629. The van der Waals surface area contributed by atoms with E-state index in [9.17, 15) is 14.0 Å². The van der Waals surface area contributed by atoms with Crippen molar-refractivity contribution in [1.82, 2.24) is 4.90 Å². The van der Waals surface area contributed by atoms with Crippen molar-refractivity contribution in [3.8, 4) is 5.75 Å². The lowest BCUT2D eigenvalue weighted by molar-refractivity contribution is -0.148. The summed E-state index contributed by atoms with van der Waals surface area (Å²) in [6, 6.07) is 5.66. The average molecular weight is 339 g/mol. The predicted molar refractivity (Wildman–Crippen MR) is 84.2 cm³/mol. The van der Waals surface area contributed by atoms with Crippen LogP contribution >= 0.6 is 0 Å². The fourth-order valence-corrected chi connectivity index (χ4v) is 2.37. The minimum atomic E-state index is -0.640. The van der Waals surface area contributed by atoms with Gasteiger partial charge in [-0.25, -0.2) is 9.18 Å². The Balaban J connectivity index is 2.09. The molecule has 1 aliphatic heterocycles.